The quantitative estimate of drug-likeness (QED) is 0.807. The minimum atomic E-state index is -4.00. The van der Waals surface area contributed by atoms with Crippen LogP contribution >= 0.6 is 0 Å². The Morgan fingerprint density at radius 1 is 1.00 bits per heavy atom. The van der Waals surface area contributed by atoms with E-state index in [0.717, 1.165) is 0 Å². The van der Waals surface area contributed by atoms with Crippen molar-refractivity contribution in [3.8, 4) is 0 Å². The monoisotopic (exact) mass is 338 g/mol. The lowest BCUT2D eigenvalue weighted by molar-refractivity contribution is -0.145. The highest BCUT2D eigenvalue weighted by Crippen LogP contribution is 2.24. The lowest BCUT2D eigenvalue weighted by Gasteiger charge is -2.36. The first kappa shape index (κ1) is 18.1. The number of β-amino-alcohol motifs (C(OH)–C–C–N with tert-alkyl or cyclic N) is 1. The predicted molar refractivity (Wildman–Crippen MR) is 75.2 cm³/mol. The van der Waals surface area contributed by atoms with Gasteiger partial charge < -0.3 is 5.11 Å². The molecule has 1 fully saturated rings. The Kier molecular flexibility index (Phi) is 5.94. The molecule has 0 spiro atoms. The van der Waals surface area contributed by atoms with Gasteiger partial charge in [-0.1, -0.05) is 12.1 Å². The molecule has 0 bridgehead atoms. The zero-order valence-electron chi connectivity index (χ0n) is 12.4. The topological polar surface area (TPSA) is 26.7 Å². The van der Waals surface area contributed by atoms with Crippen molar-refractivity contribution < 1.29 is 27.1 Å². The van der Waals surface area contributed by atoms with Crippen molar-refractivity contribution in [3.63, 3.8) is 0 Å². The Balaban J connectivity index is 1.79. The third kappa shape index (κ3) is 5.12. The van der Waals surface area contributed by atoms with Gasteiger partial charge in [-0.3, -0.25) is 9.80 Å². The van der Waals surface area contributed by atoms with Crippen LogP contribution in [0.15, 0.2) is 24.3 Å². The largest absolute Gasteiger partial charge is 0.387 e. The summed E-state index contributed by atoms with van der Waals surface area (Å²) in [7, 11) is 0. The summed E-state index contributed by atoms with van der Waals surface area (Å²) in [5, 5.41) is 10.1. The summed E-state index contributed by atoms with van der Waals surface area (Å²) in [6, 6.07) is 5.48. The summed E-state index contributed by atoms with van der Waals surface area (Å²) in [5.74, 6) is -4.40. The molecule has 8 heteroatoms. The maximum Gasteiger partial charge on any atom is 0.319 e. The average Bonchev–Trinajstić information content (AvgIpc) is 2.49. The van der Waals surface area contributed by atoms with Gasteiger partial charge >= 0.3 is 12.3 Å². The molecule has 23 heavy (non-hydrogen) atoms. The molecule has 1 aliphatic heterocycles. The molecule has 0 aliphatic carbocycles. The molecule has 3 nitrogen and oxygen atoms in total. The third-order valence-corrected chi connectivity index (χ3v) is 3.90. The van der Waals surface area contributed by atoms with Gasteiger partial charge in [-0.15, -0.1) is 0 Å². The summed E-state index contributed by atoms with van der Waals surface area (Å²) >= 11 is 0. The molecular weight excluding hydrogens is 319 g/mol. The SMILES string of the molecule is OC(CN1CCN(CC(F)(F)C(F)F)CC1)c1ccc(F)cc1. The Labute approximate surface area is 131 Å². The van der Waals surface area contributed by atoms with Gasteiger partial charge in [-0.25, -0.2) is 13.2 Å². The number of aliphatic hydroxyl groups is 1. The first-order valence-electron chi connectivity index (χ1n) is 7.32. The molecule has 1 heterocycles. The molecule has 0 radical (unpaired) electrons. The van der Waals surface area contributed by atoms with Crippen LogP contribution in [0.4, 0.5) is 22.0 Å². The second-order valence-electron chi connectivity index (χ2n) is 5.71. The van der Waals surface area contributed by atoms with Crippen LogP contribution in [0, 0.1) is 5.82 Å². The van der Waals surface area contributed by atoms with Gasteiger partial charge in [0, 0.05) is 32.7 Å². The summed E-state index contributed by atoms with van der Waals surface area (Å²) in [5.41, 5.74) is 0.568. The molecule has 0 aromatic heterocycles. The molecule has 1 atom stereocenters. The summed E-state index contributed by atoms with van der Waals surface area (Å²) in [6.07, 6.45) is -4.48. The third-order valence-electron chi connectivity index (χ3n) is 3.90. The minimum absolute atomic E-state index is 0.235. The lowest BCUT2D eigenvalue weighted by Crippen LogP contribution is -2.51. The lowest BCUT2D eigenvalue weighted by atomic mass is 10.1. The van der Waals surface area contributed by atoms with Gasteiger partial charge in [-0.05, 0) is 17.7 Å². The number of nitrogens with zero attached hydrogens (tertiary/aromatic N) is 2. The summed E-state index contributed by atoms with van der Waals surface area (Å²) in [6.45, 7) is 0.593. The number of benzene rings is 1. The fourth-order valence-electron chi connectivity index (χ4n) is 2.53. The maximum atomic E-state index is 13.0. The van der Waals surface area contributed by atoms with Crippen molar-refractivity contribution in [1.82, 2.24) is 9.80 Å². The van der Waals surface area contributed by atoms with Gasteiger partial charge in [0.2, 0.25) is 0 Å². The fourth-order valence-corrected chi connectivity index (χ4v) is 2.53. The van der Waals surface area contributed by atoms with E-state index in [4.69, 9.17) is 0 Å². The minimum Gasteiger partial charge on any atom is -0.387 e. The first-order valence-corrected chi connectivity index (χ1v) is 7.32. The Bertz CT molecular complexity index is 489. The van der Waals surface area contributed by atoms with Crippen molar-refractivity contribution in [3.05, 3.63) is 35.6 Å². The summed E-state index contributed by atoms with van der Waals surface area (Å²) < 4.78 is 63.2. The van der Waals surface area contributed by atoms with Crippen LogP contribution in [0.25, 0.3) is 0 Å². The van der Waals surface area contributed by atoms with Crippen LogP contribution in [-0.2, 0) is 0 Å². The Morgan fingerprint density at radius 3 is 2.04 bits per heavy atom. The predicted octanol–water partition coefficient (Wildman–Crippen LogP) is 2.38. The van der Waals surface area contributed by atoms with Crippen molar-refractivity contribution in [2.75, 3.05) is 39.3 Å². The van der Waals surface area contributed by atoms with Gasteiger partial charge in [-0.2, -0.15) is 8.78 Å². The number of aliphatic hydroxyl groups excluding tert-OH is 1. The highest BCUT2D eigenvalue weighted by Gasteiger charge is 2.42. The van der Waals surface area contributed by atoms with Crippen LogP contribution in [0.2, 0.25) is 0 Å². The molecule has 0 amide bonds. The van der Waals surface area contributed by atoms with E-state index in [9.17, 15) is 27.1 Å². The average molecular weight is 338 g/mol. The van der Waals surface area contributed by atoms with E-state index in [1.165, 1.54) is 29.2 Å². The Hall–Kier alpha value is -1.25. The molecule has 130 valence electrons. The molecule has 1 unspecified atom stereocenters. The second-order valence-corrected chi connectivity index (χ2v) is 5.71. The normalized spacial score (nSPS) is 19.3. The highest BCUT2D eigenvalue weighted by molar-refractivity contribution is 5.18. The molecule has 1 aromatic carbocycles. The number of hydrogen-bond donors (Lipinski definition) is 1. The zero-order valence-corrected chi connectivity index (χ0v) is 12.4. The highest BCUT2D eigenvalue weighted by atomic mass is 19.3. The zero-order chi connectivity index (χ0) is 17.0. The van der Waals surface area contributed by atoms with E-state index in [1.54, 1.807) is 0 Å². The van der Waals surface area contributed by atoms with Crippen molar-refractivity contribution in [1.29, 1.82) is 0 Å². The van der Waals surface area contributed by atoms with Crippen LogP contribution in [0.1, 0.15) is 11.7 Å². The van der Waals surface area contributed by atoms with Gasteiger partial charge in [0.05, 0.1) is 12.6 Å². The van der Waals surface area contributed by atoms with Crippen LogP contribution in [0.5, 0.6) is 0 Å². The van der Waals surface area contributed by atoms with E-state index in [-0.39, 0.29) is 19.6 Å². The molecule has 1 aliphatic rings. The van der Waals surface area contributed by atoms with E-state index >= 15 is 0 Å². The van der Waals surface area contributed by atoms with Gasteiger partial charge in [0.1, 0.15) is 5.82 Å². The molecular formula is C15H19F5N2O. The first-order chi connectivity index (χ1) is 10.8. The second kappa shape index (κ2) is 7.55. The smallest absolute Gasteiger partial charge is 0.319 e. The molecule has 1 saturated heterocycles. The molecule has 0 saturated carbocycles. The summed E-state index contributed by atoms with van der Waals surface area (Å²) in [4.78, 5) is 3.16. The van der Waals surface area contributed by atoms with E-state index in [0.29, 0.717) is 18.7 Å². The number of rotatable bonds is 6. The van der Waals surface area contributed by atoms with Gasteiger partial charge in [0.15, 0.2) is 0 Å². The fraction of sp³-hybridized carbons (Fsp3) is 0.600. The standard InChI is InChI=1S/C15H19F5N2O/c16-12-3-1-11(2-4-12)13(23)9-21-5-7-22(8-6-21)10-15(19,20)14(17)18/h1-4,13-14,23H,5-10H2. The number of hydrogen-bond acceptors (Lipinski definition) is 3. The van der Waals surface area contributed by atoms with Crippen LogP contribution in [-0.4, -0.2) is 66.5 Å². The van der Waals surface area contributed by atoms with Crippen molar-refractivity contribution >= 4 is 0 Å². The van der Waals surface area contributed by atoms with E-state index in [2.05, 4.69) is 0 Å². The van der Waals surface area contributed by atoms with Crippen LogP contribution in [0.3, 0.4) is 0 Å². The van der Waals surface area contributed by atoms with Crippen molar-refractivity contribution in [2.24, 2.45) is 0 Å². The van der Waals surface area contributed by atoms with E-state index in [1.807, 2.05) is 4.90 Å². The number of piperazine rings is 1. The molecule has 1 N–H and O–H groups in total. The Morgan fingerprint density at radius 2 is 1.52 bits per heavy atom. The number of halogens is 5. The maximum absolute atomic E-state index is 13.0. The van der Waals surface area contributed by atoms with E-state index < -0.39 is 30.8 Å². The molecule has 1 aromatic rings. The van der Waals surface area contributed by atoms with Crippen molar-refractivity contribution in [2.45, 2.75) is 18.5 Å². The van der Waals surface area contributed by atoms with Gasteiger partial charge in [0.25, 0.3) is 0 Å². The molecule has 2 rings (SSSR count). The van der Waals surface area contributed by atoms with Crippen LogP contribution < -0.4 is 0 Å². The number of alkyl halides is 4.